The quantitative estimate of drug-likeness (QED) is 0.532. The summed E-state index contributed by atoms with van der Waals surface area (Å²) in [6.45, 7) is 4.95. The van der Waals surface area contributed by atoms with Crippen molar-refractivity contribution in [3.63, 3.8) is 0 Å². The molecule has 124 valence electrons. The number of aryl methyl sites for hydroxylation is 1. The van der Waals surface area contributed by atoms with E-state index < -0.39 is 0 Å². The van der Waals surface area contributed by atoms with Gasteiger partial charge < -0.3 is 9.88 Å². The first kappa shape index (κ1) is 18.0. The van der Waals surface area contributed by atoms with Gasteiger partial charge >= 0.3 is 0 Å². The number of hydrogen-bond acceptors (Lipinski definition) is 4. The molecular weight excluding hydrogens is 376 g/mol. The average molecular weight is 397 g/mol. The lowest BCUT2D eigenvalue weighted by molar-refractivity contribution is -0.115. The highest BCUT2D eigenvalue weighted by atomic mass is 79.9. The van der Waals surface area contributed by atoms with Gasteiger partial charge in [-0.15, -0.1) is 10.2 Å². The highest BCUT2D eigenvalue weighted by Crippen LogP contribution is 2.23. The topological polar surface area (TPSA) is 59.8 Å². The van der Waals surface area contributed by atoms with Gasteiger partial charge in [0.15, 0.2) is 5.16 Å². The molecular formula is C16H21BrN4OS. The van der Waals surface area contributed by atoms with Gasteiger partial charge in [0, 0.05) is 16.7 Å². The fraction of sp³-hybridized carbons (Fsp3) is 0.438. The number of thioether (sulfide) groups is 1. The summed E-state index contributed by atoms with van der Waals surface area (Å²) in [5, 5.41) is 11.6. The molecule has 5 nitrogen and oxygen atoms in total. The van der Waals surface area contributed by atoms with Crippen LogP contribution in [0.15, 0.2) is 40.2 Å². The van der Waals surface area contributed by atoms with Gasteiger partial charge in [0.1, 0.15) is 6.33 Å². The van der Waals surface area contributed by atoms with E-state index in [1.807, 2.05) is 35.8 Å². The summed E-state index contributed by atoms with van der Waals surface area (Å²) in [6.07, 6.45) is 5.19. The molecule has 7 heteroatoms. The lowest BCUT2D eigenvalue weighted by Crippen LogP contribution is -2.22. The van der Waals surface area contributed by atoms with Gasteiger partial charge in [-0.25, -0.2) is 0 Å². The normalized spacial score (nSPS) is 12.1. The van der Waals surface area contributed by atoms with E-state index in [-0.39, 0.29) is 11.2 Å². The minimum absolute atomic E-state index is 0.0452. The number of rotatable bonds is 8. The van der Waals surface area contributed by atoms with Crippen molar-refractivity contribution < 1.29 is 4.79 Å². The Morgan fingerprint density at radius 2 is 2.26 bits per heavy atom. The first-order chi connectivity index (χ1) is 11.1. The van der Waals surface area contributed by atoms with Gasteiger partial charge in [-0.1, -0.05) is 53.5 Å². The number of amides is 1. The molecule has 23 heavy (non-hydrogen) atoms. The summed E-state index contributed by atoms with van der Waals surface area (Å²) in [5.74, 6) is -0.0452. The molecule has 0 unspecified atom stereocenters. The molecule has 0 aliphatic carbocycles. The van der Waals surface area contributed by atoms with E-state index in [1.54, 1.807) is 6.33 Å². The van der Waals surface area contributed by atoms with Crippen LogP contribution in [0.25, 0.3) is 0 Å². The number of hydrogen-bond donors (Lipinski definition) is 1. The van der Waals surface area contributed by atoms with E-state index in [0.29, 0.717) is 0 Å². The van der Waals surface area contributed by atoms with Crippen LogP contribution in [-0.2, 0) is 11.3 Å². The number of halogens is 1. The third-order valence-electron chi connectivity index (χ3n) is 3.33. The molecule has 0 saturated carbocycles. The van der Waals surface area contributed by atoms with Gasteiger partial charge in [0.2, 0.25) is 5.91 Å². The zero-order valence-electron chi connectivity index (χ0n) is 13.3. The highest BCUT2D eigenvalue weighted by molar-refractivity contribution is 9.10. The summed E-state index contributed by atoms with van der Waals surface area (Å²) in [7, 11) is 0. The van der Waals surface area contributed by atoms with Crippen LogP contribution in [0.1, 0.15) is 33.1 Å². The second-order valence-electron chi connectivity index (χ2n) is 5.27. The number of carbonyl (C=O) groups is 1. The maximum atomic E-state index is 12.3. The number of unbranched alkanes of at least 4 members (excludes halogenated alkanes) is 2. The Hall–Kier alpha value is -1.34. The second kappa shape index (κ2) is 9.08. The Kier molecular flexibility index (Phi) is 7.11. The second-order valence-corrected chi connectivity index (χ2v) is 7.50. The molecule has 0 bridgehead atoms. The summed E-state index contributed by atoms with van der Waals surface area (Å²) in [4.78, 5) is 12.3. The molecule has 0 radical (unpaired) electrons. The van der Waals surface area contributed by atoms with Crippen molar-refractivity contribution in [2.45, 2.75) is 50.1 Å². The highest BCUT2D eigenvalue weighted by Gasteiger charge is 2.18. The Morgan fingerprint density at radius 3 is 3.00 bits per heavy atom. The lowest BCUT2D eigenvalue weighted by Gasteiger charge is -2.12. The maximum absolute atomic E-state index is 12.3. The molecule has 1 amide bonds. The van der Waals surface area contributed by atoms with Gasteiger partial charge in [0.05, 0.1) is 5.25 Å². The summed E-state index contributed by atoms with van der Waals surface area (Å²) >= 11 is 4.83. The van der Waals surface area contributed by atoms with Gasteiger partial charge in [-0.05, 0) is 31.5 Å². The first-order valence-corrected chi connectivity index (χ1v) is 9.38. The molecule has 0 spiro atoms. The smallest absolute Gasteiger partial charge is 0.237 e. The van der Waals surface area contributed by atoms with Crippen LogP contribution >= 0.6 is 27.7 Å². The Labute approximate surface area is 149 Å². The van der Waals surface area contributed by atoms with Crippen molar-refractivity contribution >= 4 is 39.3 Å². The minimum atomic E-state index is -0.247. The van der Waals surface area contributed by atoms with E-state index in [0.717, 1.165) is 28.3 Å². The van der Waals surface area contributed by atoms with Crippen molar-refractivity contribution in [3.8, 4) is 0 Å². The van der Waals surface area contributed by atoms with Crippen molar-refractivity contribution in [2.75, 3.05) is 5.32 Å². The average Bonchev–Trinajstić information content (AvgIpc) is 2.95. The molecule has 1 aromatic heterocycles. The number of anilines is 1. The maximum Gasteiger partial charge on any atom is 0.237 e. The van der Waals surface area contributed by atoms with Crippen molar-refractivity contribution in [1.29, 1.82) is 0 Å². The van der Waals surface area contributed by atoms with Crippen molar-refractivity contribution in [1.82, 2.24) is 14.8 Å². The van der Waals surface area contributed by atoms with Crippen LogP contribution < -0.4 is 5.32 Å². The zero-order valence-corrected chi connectivity index (χ0v) is 15.7. The number of carbonyl (C=O) groups excluding carboxylic acids is 1. The Bertz CT molecular complexity index is 647. The predicted molar refractivity (Wildman–Crippen MR) is 97.6 cm³/mol. The lowest BCUT2D eigenvalue weighted by atomic mass is 10.2. The Balaban J connectivity index is 1.92. The Morgan fingerprint density at radius 1 is 1.43 bits per heavy atom. The van der Waals surface area contributed by atoms with Crippen LogP contribution in [0.4, 0.5) is 5.69 Å². The van der Waals surface area contributed by atoms with E-state index in [2.05, 4.69) is 38.4 Å². The number of aromatic nitrogens is 3. The SMILES string of the molecule is CCCCCn1cnnc1S[C@H](C)C(=O)Nc1cccc(Br)c1. The van der Waals surface area contributed by atoms with Gasteiger partial charge in [0.25, 0.3) is 0 Å². The molecule has 0 aliphatic rings. The van der Waals surface area contributed by atoms with Crippen LogP contribution in [-0.4, -0.2) is 25.9 Å². The summed E-state index contributed by atoms with van der Waals surface area (Å²) < 4.78 is 2.95. The fourth-order valence-electron chi connectivity index (χ4n) is 2.04. The first-order valence-electron chi connectivity index (χ1n) is 7.71. The summed E-state index contributed by atoms with van der Waals surface area (Å²) in [6, 6.07) is 7.56. The number of nitrogens with one attached hydrogen (secondary N) is 1. The standard InChI is InChI=1S/C16H21BrN4OS/c1-3-4-5-9-21-11-18-20-16(21)23-12(2)15(22)19-14-8-6-7-13(17)10-14/h6-8,10-12H,3-5,9H2,1-2H3,(H,19,22)/t12-/m1/s1. The molecule has 1 N–H and O–H groups in total. The van der Waals surface area contributed by atoms with E-state index >= 15 is 0 Å². The van der Waals surface area contributed by atoms with Crippen LogP contribution in [0.3, 0.4) is 0 Å². The molecule has 1 aromatic carbocycles. The molecule has 2 rings (SSSR count). The number of nitrogens with zero attached hydrogens (tertiary/aromatic N) is 3. The molecule has 2 aromatic rings. The van der Waals surface area contributed by atoms with Crippen LogP contribution in [0.2, 0.25) is 0 Å². The monoisotopic (exact) mass is 396 g/mol. The molecule has 1 atom stereocenters. The molecule has 0 saturated heterocycles. The fourth-order valence-corrected chi connectivity index (χ4v) is 3.29. The van der Waals surface area contributed by atoms with Gasteiger partial charge in [-0.3, -0.25) is 4.79 Å². The van der Waals surface area contributed by atoms with Crippen molar-refractivity contribution in [3.05, 3.63) is 35.1 Å². The van der Waals surface area contributed by atoms with E-state index in [4.69, 9.17) is 0 Å². The van der Waals surface area contributed by atoms with E-state index in [9.17, 15) is 4.79 Å². The molecule has 0 aliphatic heterocycles. The minimum Gasteiger partial charge on any atom is -0.325 e. The van der Waals surface area contributed by atoms with E-state index in [1.165, 1.54) is 24.6 Å². The molecule has 1 heterocycles. The summed E-state index contributed by atoms with van der Waals surface area (Å²) in [5.41, 5.74) is 0.779. The third-order valence-corrected chi connectivity index (χ3v) is 4.91. The van der Waals surface area contributed by atoms with Crippen molar-refractivity contribution in [2.24, 2.45) is 0 Å². The van der Waals surface area contributed by atoms with Crippen LogP contribution in [0.5, 0.6) is 0 Å². The third kappa shape index (κ3) is 5.66. The zero-order chi connectivity index (χ0) is 16.7. The predicted octanol–water partition coefficient (Wildman–Crippen LogP) is 4.35. The van der Waals surface area contributed by atoms with Gasteiger partial charge in [-0.2, -0.15) is 0 Å². The largest absolute Gasteiger partial charge is 0.325 e. The molecule has 0 fully saturated rings. The number of benzene rings is 1. The van der Waals surface area contributed by atoms with Crippen LogP contribution in [0, 0.1) is 0 Å².